The van der Waals surface area contributed by atoms with Gasteiger partial charge in [-0.1, -0.05) is 24.3 Å². The summed E-state index contributed by atoms with van der Waals surface area (Å²) in [7, 11) is 1.66. The van der Waals surface area contributed by atoms with Gasteiger partial charge in [-0.05, 0) is 18.2 Å². The van der Waals surface area contributed by atoms with Crippen molar-refractivity contribution in [1.29, 1.82) is 0 Å². The number of ether oxygens (including phenoxy) is 1. The highest BCUT2D eigenvalue weighted by atomic mass is 127. The van der Waals surface area contributed by atoms with Crippen LogP contribution >= 0.6 is 24.0 Å². The molecule has 0 bridgehead atoms. The minimum atomic E-state index is -4.72. The summed E-state index contributed by atoms with van der Waals surface area (Å²) in [6, 6.07) is 11.9. The molecule has 1 aromatic carbocycles. The lowest BCUT2D eigenvalue weighted by atomic mass is 10.2. The number of nitrogens with zero attached hydrogens (tertiary/aromatic N) is 4. The average molecular weight is 521 g/mol. The van der Waals surface area contributed by atoms with Crippen molar-refractivity contribution in [1.82, 2.24) is 15.2 Å². The van der Waals surface area contributed by atoms with Crippen LogP contribution in [0, 0.1) is 0 Å². The highest BCUT2D eigenvalue weighted by Crippen LogP contribution is 2.26. The number of para-hydroxylation sites is 1. The van der Waals surface area contributed by atoms with E-state index in [2.05, 4.69) is 29.8 Å². The van der Waals surface area contributed by atoms with E-state index in [1.807, 2.05) is 18.2 Å². The number of anilines is 1. The summed E-state index contributed by atoms with van der Waals surface area (Å²) in [6.45, 7) is 3.21. The first kappa shape index (κ1) is 23.0. The number of hydrogen-bond donors (Lipinski definition) is 1. The Hall–Kier alpha value is -2.24. The summed E-state index contributed by atoms with van der Waals surface area (Å²) >= 11 is 0. The number of hydrogen-bond acceptors (Lipinski definition) is 4. The van der Waals surface area contributed by atoms with E-state index in [-0.39, 0.29) is 36.3 Å². The maximum atomic E-state index is 12.6. The van der Waals surface area contributed by atoms with Crippen molar-refractivity contribution in [2.75, 3.05) is 38.1 Å². The van der Waals surface area contributed by atoms with Gasteiger partial charge in [0.2, 0.25) is 0 Å². The molecule has 0 saturated carbocycles. The molecule has 1 fully saturated rings. The van der Waals surface area contributed by atoms with Crippen LogP contribution in [0.1, 0.15) is 5.56 Å². The second kappa shape index (κ2) is 10.5. The molecule has 1 aliphatic rings. The number of rotatable bonds is 4. The molecule has 29 heavy (non-hydrogen) atoms. The van der Waals surface area contributed by atoms with Gasteiger partial charge in [0.1, 0.15) is 11.6 Å². The molecule has 0 spiro atoms. The Morgan fingerprint density at radius 3 is 2.41 bits per heavy atom. The number of piperazine rings is 1. The number of guanidine groups is 1. The average Bonchev–Trinajstić information content (AvgIpc) is 2.70. The molecule has 158 valence electrons. The van der Waals surface area contributed by atoms with Crippen LogP contribution in [0.25, 0.3) is 0 Å². The van der Waals surface area contributed by atoms with E-state index < -0.39 is 6.36 Å². The zero-order valence-electron chi connectivity index (χ0n) is 15.9. The van der Waals surface area contributed by atoms with Crippen molar-refractivity contribution in [3.8, 4) is 5.75 Å². The van der Waals surface area contributed by atoms with E-state index in [0.29, 0.717) is 11.5 Å². The molecule has 0 aliphatic carbocycles. The largest absolute Gasteiger partial charge is 0.573 e. The van der Waals surface area contributed by atoms with Gasteiger partial charge >= 0.3 is 6.36 Å². The molecule has 0 atom stereocenters. The number of benzene rings is 1. The standard InChI is InChI=1S/C19H22F3N5O.HI/c1-23-18(25-14-15-6-2-3-7-16(15)28-19(20,21)22)27-12-10-26(11-13-27)17-8-4-5-9-24-17;/h2-9H,10-14H2,1H3,(H,23,25);1H. The van der Waals surface area contributed by atoms with Crippen molar-refractivity contribution in [3.63, 3.8) is 0 Å². The molecule has 0 amide bonds. The molecule has 1 aromatic heterocycles. The summed E-state index contributed by atoms with van der Waals surface area (Å²) in [6.07, 6.45) is -2.96. The van der Waals surface area contributed by atoms with Crippen LogP contribution in [-0.2, 0) is 6.54 Å². The van der Waals surface area contributed by atoms with Gasteiger partial charge in [-0.15, -0.1) is 37.1 Å². The summed E-state index contributed by atoms with van der Waals surface area (Å²) in [5.74, 6) is 1.36. The lowest BCUT2D eigenvalue weighted by Crippen LogP contribution is -2.52. The summed E-state index contributed by atoms with van der Waals surface area (Å²) < 4.78 is 41.8. The summed E-state index contributed by atoms with van der Waals surface area (Å²) in [5.41, 5.74) is 0.410. The van der Waals surface area contributed by atoms with Crippen LogP contribution in [0.15, 0.2) is 53.7 Å². The van der Waals surface area contributed by atoms with Crippen molar-refractivity contribution >= 4 is 35.8 Å². The van der Waals surface area contributed by atoms with Gasteiger partial charge in [0.05, 0.1) is 0 Å². The molecular formula is C19H23F3IN5O. The fraction of sp³-hybridized carbons (Fsp3) is 0.368. The van der Waals surface area contributed by atoms with E-state index in [1.165, 1.54) is 12.1 Å². The maximum absolute atomic E-state index is 12.6. The molecule has 1 N–H and O–H groups in total. The number of nitrogens with one attached hydrogen (secondary N) is 1. The minimum absolute atomic E-state index is 0. The third-order valence-corrected chi connectivity index (χ3v) is 4.40. The van der Waals surface area contributed by atoms with Crippen molar-refractivity contribution < 1.29 is 17.9 Å². The Morgan fingerprint density at radius 2 is 1.79 bits per heavy atom. The molecule has 3 rings (SSSR count). The van der Waals surface area contributed by atoms with Crippen LogP contribution in [0.5, 0.6) is 5.75 Å². The van der Waals surface area contributed by atoms with Gasteiger partial charge in [0, 0.05) is 51.5 Å². The molecule has 10 heteroatoms. The predicted molar refractivity (Wildman–Crippen MR) is 117 cm³/mol. The maximum Gasteiger partial charge on any atom is 0.573 e. The molecule has 2 aromatic rings. The second-order valence-electron chi connectivity index (χ2n) is 6.22. The number of aliphatic imine (C=N–C) groups is 1. The Bertz CT molecular complexity index is 796. The fourth-order valence-corrected chi connectivity index (χ4v) is 3.07. The summed E-state index contributed by atoms with van der Waals surface area (Å²) in [4.78, 5) is 12.9. The number of aromatic nitrogens is 1. The second-order valence-corrected chi connectivity index (χ2v) is 6.22. The Kier molecular flexibility index (Phi) is 8.35. The molecule has 6 nitrogen and oxygen atoms in total. The van der Waals surface area contributed by atoms with Crippen molar-refractivity contribution in [3.05, 3.63) is 54.2 Å². The first-order valence-corrected chi connectivity index (χ1v) is 8.91. The Balaban J connectivity index is 0.00000300. The van der Waals surface area contributed by atoms with Gasteiger partial charge in [0.25, 0.3) is 0 Å². The highest BCUT2D eigenvalue weighted by molar-refractivity contribution is 14.0. The number of pyridine rings is 1. The van der Waals surface area contributed by atoms with E-state index in [0.717, 1.165) is 32.0 Å². The monoisotopic (exact) mass is 521 g/mol. The third-order valence-electron chi connectivity index (χ3n) is 4.40. The lowest BCUT2D eigenvalue weighted by Gasteiger charge is -2.37. The van der Waals surface area contributed by atoms with E-state index in [4.69, 9.17) is 0 Å². The smallest absolute Gasteiger partial charge is 0.405 e. The summed E-state index contributed by atoms with van der Waals surface area (Å²) in [5, 5.41) is 3.13. The van der Waals surface area contributed by atoms with E-state index >= 15 is 0 Å². The zero-order valence-corrected chi connectivity index (χ0v) is 18.2. The van der Waals surface area contributed by atoms with Crippen LogP contribution in [0.3, 0.4) is 0 Å². The molecule has 0 unspecified atom stereocenters. The van der Waals surface area contributed by atoms with Crippen LogP contribution < -0.4 is 15.0 Å². The number of halogens is 4. The van der Waals surface area contributed by atoms with Crippen LogP contribution in [0.2, 0.25) is 0 Å². The number of alkyl halides is 3. The lowest BCUT2D eigenvalue weighted by molar-refractivity contribution is -0.274. The fourth-order valence-electron chi connectivity index (χ4n) is 3.07. The molecule has 1 saturated heterocycles. The topological polar surface area (TPSA) is 53.0 Å². The van der Waals surface area contributed by atoms with Gasteiger partial charge in [-0.2, -0.15) is 0 Å². The van der Waals surface area contributed by atoms with Crippen LogP contribution in [0.4, 0.5) is 19.0 Å². The van der Waals surface area contributed by atoms with E-state index in [1.54, 1.807) is 25.4 Å². The zero-order chi connectivity index (χ0) is 20.0. The SMILES string of the molecule is CN=C(NCc1ccccc1OC(F)(F)F)N1CCN(c2ccccn2)CC1.I. The highest BCUT2D eigenvalue weighted by Gasteiger charge is 2.32. The first-order chi connectivity index (χ1) is 13.5. The van der Waals surface area contributed by atoms with Gasteiger partial charge in [0.15, 0.2) is 5.96 Å². The molecular weight excluding hydrogens is 498 g/mol. The van der Waals surface area contributed by atoms with Gasteiger partial charge in [-0.3, -0.25) is 4.99 Å². The normalized spacial score (nSPS) is 15.0. The minimum Gasteiger partial charge on any atom is -0.405 e. The molecule has 1 aliphatic heterocycles. The van der Waals surface area contributed by atoms with Crippen molar-refractivity contribution in [2.24, 2.45) is 4.99 Å². The molecule has 0 radical (unpaired) electrons. The third kappa shape index (κ3) is 6.65. The van der Waals surface area contributed by atoms with Crippen molar-refractivity contribution in [2.45, 2.75) is 12.9 Å². The quantitative estimate of drug-likeness (QED) is 0.380. The predicted octanol–water partition coefficient (Wildman–Crippen LogP) is 3.50. The Labute approximate surface area is 184 Å². The first-order valence-electron chi connectivity index (χ1n) is 8.91. The van der Waals surface area contributed by atoms with Gasteiger partial charge in [-0.25, -0.2) is 4.98 Å². The molecule has 2 heterocycles. The van der Waals surface area contributed by atoms with E-state index in [9.17, 15) is 13.2 Å². The van der Waals surface area contributed by atoms with Gasteiger partial charge < -0.3 is 19.9 Å². The van der Waals surface area contributed by atoms with Crippen LogP contribution in [-0.4, -0.2) is 55.4 Å². The Morgan fingerprint density at radius 1 is 1.10 bits per heavy atom.